The van der Waals surface area contributed by atoms with Crippen molar-refractivity contribution in [3.63, 3.8) is 0 Å². The van der Waals surface area contributed by atoms with Crippen LogP contribution in [0.15, 0.2) is 18.2 Å². The Hall–Kier alpha value is -1.75. The summed E-state index contributed by atoms with van der Waals surface area (Å²) in [6.07, 6.45) is 0. The van der Waals surface area contributed by atoms with Gasteiger partial charge in [-0.15, -0.1) is 5.10 Å². The van der Waals surface area contributed by atoms with Crippen molar-refractivity contribution in [2.24, 2.45) is 0 Å². The Kier molecular flexibility index (Phi) is 2.93. The van der Waals surface area contributed by atoms with Crippen molar-refractivity contribution in [2.45, 2.75) is 13.8 Å². The minimum absolute atomic E-state index is 0.193. The lowest BCUT2D eigenvalue weighted by molar-refractivity contribution is 0.101. The summed E-state index contributed by atoms with van der Waals surface area (Å²) in [7, 11) is 0. The van der Waals surface area contributed by atoms with Crippen LogP contribution in [-0.4, -0.2) is 20.8 Å². The molecule has 0 radical (unpaired) electrons. The van der Waals surface area contributed by atoms with Gasteiger partial charge in [0.05, 0.1) is 16.4 Å². The lowest BCUT2D eigenvalue weighted by Gasteiger charge is -2.05. The number of benzene rings is 1. The Morgan fingerprint density at radius 1 is 1.47 bits per heavy atom. The predicted octanol–water partition coefficient (Wildman–Crippen LogP) is 2.57. The molecule has 17 heavy (non-hydrogen) atoms. The molecule has 4 nitrogen and oxygen atoms in total. The number of hydrogen-bond acceptors (Lipinski definition) is 3. The SMILES string of the molecule is CC(=O)c1nnn(-c2cc(F)ccc2Cl)c1C. The fourth-order valence-corrected chi connectivity index (χ4v) is 1.73. The number of Topliss-reactive ketones (excluding diaryl/α,β-unsaturated/α-hetero) is 1. The van der Waals surface area contributed by atoms with Gasteiger partial charge in [0.2, 0.25) is 0 Å². The number of hydrogen-bond donors (Lipinski definition) is 0. The molecule has 0 fully saturated rings. The fourth-order valence-electron chi connectivity index (χ4n) is 1.53. The van der Waals surface area contributed by atoms with Crippen LogP contribution in [0, 0.1) is 12.7 Å². The Balaban J connectivity index is 2.61. The van der Waals surface area contributed by atoms with Crippen molar-refractivity contribution in [3.05, 3.63) is 40.4 Å². The lowest BCUT2D eigenvalue weighted by Crippen LogP contribution is -2.02. The van der Waals surface area contributed by atoms with Gasteiger partial charge in [0.1, 0.15) is 5.82 Å². The molecule has 0 spiro atoms. The molecule has 0 saturated heterocycles. The quantitative estimate of drug-likeness (QED) is 0.773. The average Bonchev–Trinajstić information content (AvgIpc) is 2.64. The summed E-state index contributed by atoms with van der Waals surface area (Å²) in [6, 6.07) is 3.93. The van der Waals surface area contributed by atoms with Crippen LogP contribution >= 0.6 is 11.6 Å². The van der Waals surface area contributed by atoms with Crippen LogP contribution in [0.25, 0.3) is 5.69 Å². The number of carbonyl (C=O) groups is 1. The molecule has 88 valence electrons. The molecule has 0 aliphatic heterocycles. The van der Waals surface area contributed by atoms with Crippen molar-refractivity contribution in [1.82, 2.24) is 15.0 Å². The third-order valence-electron chi connectivity index (χ3n) is 2.36. The summed E-state index contributed by atoms with van der Waals surface area (Å²) in [5, 5.41) is 7.89. The highest BCUT2D eigenvalue weighted by Gasteiger charge is 2.15. The molecule has 1 aromatic heterocycles. The van der Waals surface area contributed by atoms with E-state index in [1.165, 1.54) is 29.8 Å². The molecular formula is C11H9ClFN3O. The summed E-state index contributed by atoms with van der Waals surface area (Å²) in [5.74, 6) is -0.620. The molecule has 0 aliphatic rings. The second-order valence-electron chi connectivity index (χ2n) is 3.59. The molecule has 0 amide bonds. The van der Waals surface area contributed by atoms with Crippen LogP contribution in [0.2, 0.25) is 5.02 Å². The standard InChI is InChI=1S/C11H9ClFN3O/c1-6-11(7(2)17)14-15-16(6)10-5-8(13)3-4-9(10)12/h3-5H,1-2H3. The third kappa shape index (κ3) is 2.06. The average molecular weight is 254 g/mol. The number of nitrogens with zero attached hydrogens (tertiary/aromatic N) is 3. The summed E-state index contributed by atoms with van der Waals surface area (Å²) < 4.78 is 14.5. The summed E-state index contributed by atoms with van der Waals surface area (Å²) >= 11 is 5.95. The zero-order chi connectivity index (χ0) is 12.6. The maximum absolute atomic E-state index is 13.1. The first kappa shape index (κ1) is 11.7. The number of ketones is 1. The maximum atomic E-state index is 13.1. The van der Waals surface area contributed by atoms with Crippen LogP contribution in [-0.2, 0) is 0 Å². The molecule has 0 bridgehead atoms. The monoisotopic (exact) mass is 253 g/mol. The Morgan fingerprint density at radius 3 is 2.76 bits per heavy atom. The first-order valence-corrected chi connectivity index (χ1v) is 5.27. The molecule has 0 atom stereocenters. The van der Waals surface area contributed by atoms with Crippen molar-refractivity contribution < 1.29 is 9.18 Å². The van der Waals surface area contributed by atoms with Crippen LogP contribution < -0.4 is 0 Å². The molecule has 1 heterocycles. The second kappa shape index (κ2) is 4.25. The van der Waals surface area contributed by atoms with Crippen molar-refractivity contribution >= 4 is 17.4 Å². The van der Waals surface area contributed by atoms with Crippen LogP contribution in [0.4, 0.5) is 4.39 Å². The second-order valence-corrected chi connectivity index (χ2v) is 3.99. The Morgan fingerprint density at radius 2 is 2.18 bits per heavy atom. The van der Waals surface area contributed by atoms with Gasteiger partial charge in [0, 0.05) is 13.0 Å². The van der Waals surface area contributed by atoms with E-state index in [2.05, 4.69) is 10.3 Å². The molecule has 1 aromatic carbocycles. The molecule has 0 saturated carbocycles. The normalized spacial score (nSPS) is 10.6. The number of rotatable bonds is 2. The zero-order valence-electron chi connectivity index (χ0n) is 9.24. The van der Waals surface area contributed by atoms with Gasteiger partial charge in [-0.3, -0.25) is 4.79 Å². The highest BCUT2D eigenvalue weighted by Crippen LogP contribution is 2.22. The Bertz CT molecular complexity index is 594. The zero-order valence-corrected chi connectivity index (χ0v) is 9.99. The van der Waals surface area contributed by atoms with E-state index in [4.69, 9.17) is 11.6 Å². The van der Waals surface area contributed by atoms with Gasteiger partial charge < -0.3 is 0 Å². The molecule has 0 aliphatic carbocycles. The molecule has 2 aromatic rings. The molecule has 0 N–H and O–H groups in total. The fraction of sp³-hybridized carbons (Fsp3) is 0.182. The molecule has 2 rings (SSSR count). The summed E-state index contributed by atoms with van der Waals surface area (Å²) in [4.78, 5) is 11.2. The first-order chi connectivity index (χ1) is 8.00. The first-order valence-electron chi connectivity index (χ1n) is 4.89. The van der Waals surface area contributed by atoms with Gasteiger partial charge in [0.25, 0.3) is 0 Å². The van der Waals surface area contributed by atoms with E-state index in [1.54, 1.807) is 6.92 Å². The van der Waals surface area contributed by atoms with Gasteiger partial charge >= 0.3 is 0 Å². The molecular weight excluding hydrogens is 245 g/mol. The topological polar surface area (TPSA) is 47.8 Å². The lowest BCUT2D eigenvalue weighted by atomic mass is 10.2. The number of carbonyl (C=O) groups excluding carboxylic acids is 1. The molecule has 0 unspecified atom stereocenters. The van der Waals surface area contributed by atoms with E-state index in [0.717, 1.165) is 0 Å². The van der Waals surface area contributed by atoms with Crippen LogP contribution in [0.5, 0.6) is 0 Å². The van der Waals surface area contributed by atoms with E-state index in [1.807, 2.05) is 0 Å². The minimum Gasteiger partial charge on any atom is -0.293 e. The third-order valence-corrected chi connectivity index (χ3v) is 2.68. The van der Waals surface area contributed by atoms with Crippen LogP contribution in [0.1, 0.15) is 23.1 Å². The highest BCUT2D eigenvalue weighted by atomic mass is 35.5. The predicted molar refractivity (Wildman–Crippen MR) is 61.1 cm³/mol. The summed E-state index contributed by atoms with van der Waals surface area (Å²) in [6.45, 7) is 3.08. The van der Waals surface area contributed by atoms with E-state index in [0.29, 0.717) is 16.4 Å². The van der Waals surface area contributed by atoms with Crippen molar-refractivity contribution in [1.29, 1.82) is 0 Å². The van der Waals surface area contributed by atoms with E-state index >= 15 is 0 Å². The Labute approximate surface area is 102 Å². The smallest absolute Gasteiger partial charge is 0.181 e. The largest absolute Gasteiger partial charge is 0.293 e. The van der Waals surface area contributed by atoms with Gasteiger partial charge in [-0.05, 0) is 19.1 Å². The van der Waals surface area contributed by atoms with E-state index in [9.17, 15) is 9.18 Å². The van der Waals surface area contributed by atoms with Crippen molar-refractivity contribution in [2.75, 3.05) is 0 Å². The van der Waals surface area contributed by atoms with Crippen molar-refractivity contribution in [3.8, 4) is 5.69 Å². The van der Waals surface area contributed by atoms with E-state index in [-0.39, 0.29) is 11.5 Å². The maximum Gasteiger partial charge on any atom is 0.181 e. The van der Waals surface area contributed by atoms with Crippen LogP contribution in [0.3, 0.4) is 0 Å². The van der Waals surface area contributed by atoms with Gasteiger partial charge in [0.15, 0.2) is 11.5 Å². The van der Waals surface area contributed by atoms with E-state index < -0.39 is 5.82 Å². The van der Waals surface area contributed by atoms with Gasteiger partial charge in [-0.2, -0.15) is 0 Å². The summed E-state index contributed by atoms with van der Waals surface area (Å²) in [5.41, 5.74) is 1.15. The minimum atomic E-state index is -0.427. The number of halogens is 2. The van der Waals surface area contributed by atoms with Gasteiger partial charge in [-0.25, -0.2) is 9.07 Å². The van der Waals surface area contributed by atoms with Gasteiger partial charge in [-0.1, -0.05) is 16.8 Å². The molecule has 6 heteroatoms. The highest BCUT2D eigenvalue weighted by molar-refractivity contribution is 6.32. The number of aromatic nitrogens is 3.